The zero-order valence-corrected chi connectivity index (χ0v) is 17.5. The van der Waals surface area contributed by atoms with Crippen molar-refractivity contribution in [1.82, 2.24) is 14.6 Å². The molecule has 0 radical (unpaired) electrons. The number of para-hydroxylation sites is 1. The van der Waals surface area contributed by atoms with Crippen LogP contribution in [0.25, 0.3) is 16.3 Å². The second-order valence-electron chi connectivity index (χ2n) is 6.82. The first-order valence-electron chi connectivity index (χ1n) is 9.36. The maximum Gasteiger partial charge on any atom is 0.247 e. The van der Waals surface area contributed by atoms with Crippen LogP contribution in [-0.4, -0.2) is 37.8 Å². The van der Waals surface area contributed by atoms with Gasteiger partial charge in [0, 0.05) is 12.6 Å². The average molecular weight is 428 g/mol. The second-order valence-corrected chi connectivity index (χ2v) is 9.77. The Morgan fingerprint density at radius 1 is 1.21 bits per heavy atom. The predicted octanol–water partition coefficient (Wildman–Crippen LogP) is 3.58. The smallest absolute Gasteiger partial charge is 0.247 e. The van der Waals surface area contributed by atoms with Crippen molar-refractivity contribution in [2.75, 3.05) is 13.6 Å². The summed E-state index contributed by atoms with van der Waals surface area (Å²) in [5, 5.41) is 0.979. The number of nitrogens with zero attached hydrogens (tertiary/aromatic N) is 2. The summed E-state index contributed by atoms with van der Waals surface area (Å²) in [6, 6.07) is 14.4. The number of hydrogen-bond acceptors (Lipinski definition) is 5. The summed E-state index contributed by atoms with van der Waals surface area (Å²) in [5.74, 6) is -0.0568. The van der Waals surface area contributed by atoms with Gasteiger partial charge in [-0.3, -0.25) is 4.79 Å². The lowest BCUT2D eigenvalue weighted by Crippen LogP contribution is -2.28. The molecule has 6 nitrogen and oxygen atoms in total. The first-order chi connectivity index (χ1) is 14.0. The average Bonchev–Trinajstić information content (AvgIpc) is 3.39. The van der Waals surface area contributed by atoms with Crippen molar-refractivity contribution >= 4 is 43.6 Å². The van der Waals surface area contributed by atoms with E-state index < -0.39 is 10.0 Å². The summed E-state index contributed by atoms with van der Waals surface area (Å²) < 4.78 is 27.0. The van der Waals surface area contributed by atoms with Crippen molar-refractivity contribution < 1.29 is 13.2 Å². The second kappa shape index (κ2) is 8.06. The van der Waals surface area contributed by atoms with Crippen LogP contribution in [-0.2, 0) is 14.8 Å². The molecule has 3 aromatic rings. The van der Waals surface area contributed by atoms with E-state index in [9.17, 15) is 13.2 Å². The molecule has 1 fully saturated rings. The normalized spacial score (nSPS) is 17.4. The monoisotopic (exact) mass is 427 g/mol. The molecule has 0 aliphatic carbocycles. The molecule has 2 heterocycles. The van der Waals surface area contributed by atoms with Crippen LogP contribution >= 0.6 is 11.3 Å². The number of carbonyl (C=O) groups excluding carboxylic acids is 1. The van der Waals surface area contributed by atoms with Gasteiger partial charge in [-0.2, -0.15) is 0 Å². The molecule has 1 aromatic heterocycles. The molecule has 1 atom stereocenters. The van der Waals surface area contributed by atoms with Gasteiger partial charge in [-0.25, -0.2) is 18.1 Å². The zero-order chi connectivity index (χ0) is 20.4. The molecule has 1 saturated heterocycles. The third kappa shape index (κ3) is 4.10. The number of benzene rings is 2. The van der Waals surface area contributed by atoms with E-state index in [1.165, 1.54) is 19.2 Å². The number of nitrogens with one attached hydrogen (secondary N) is 1. The number of carbonyl (C=O) groups is 1. The van der Waals surface area contributed by atoms with E-state index in [1.54, 1.807) is 35.6 Å². The summed E-state index contributed by atoms with van der Waals surface area (Å²) in [6.07, 6.45) is 5.13. The van der Waals surface area contributed by atoms with Crippen LogP contribution in [0, 0.1) is 0 Å². The molecule has 0 saturated carbocycles. The molecule has 150 valence electrons. The third-order valence-electron chi connectivity index (χ3n) is 5.01. The van der Waals surface area contributed by atoms with E-state index in [0.717, 1.165) is 33.6 Å². The minimum absolute atomic E-state index is 0.00713. The highest BCUT2D eigenvalue weighted by molar-refractivity contribution is 7.89. The lowest BCUT2D eigenvalue weighted by Gasteiger charge is -2.21. The third-order valence-corrected chi connectivity index (χ3v) is 7.58. The lowest BCUT2D eigenvalue weighted by atomic mass is 10.2. The molecule has 4 rings (SSSR count). The number of thiazole rings is 1. The van der Waals surface area contributed by atoms with E-state index in [4.69, 9.17) is 4.98 Å². The van der Waals surface area contributed by atoms with E-state index >= 15 is 0 Å². The summed E-state index contributed by atoms with van der Waals surface area (Å²) in [5.41, 5.74) is 1.74. The number of hydrogen-bond donors (Lipinski definition) is 1. The van der Waals surface area contributed by atoms with Crippen LogP contribution in [0.5, 0.6) is 0 Å². The SMILES string of the molecule is CNS(=O)(=O)c1ccc(C=CC(=O)N2CCCC2c2nc3ccccc3s2)cc1. The Morgan fingerprint density at radius 3 is 2.69 bits per heavy atom. The van der Waals surface area contributed by atoms with Crippen molar-refractivity contribution in [2.24, 2.45) is 0 Å². The Hall–Kier alpha value is -2.55. The number of fused-ring (bicyclic) bond motifs is 1. The van der Waals surface area contributed by atoms with Crippen LogP contribution in [0.4, 0.5) is 0 Å². The minimum atomic E-state index is -3.46. The van der Waals surface area contributed by atoms with Gasteiger partial charge in [0.25, 0.3) is 0 Å². The van der Waals surface area contributed by atoms with E-state index in [0.29, 0.717) is 6.54 Å². The number of likely N-dealkylation sites (tertiary alicyclic amines) is 1. The van der Waals surface area contributed by atoms with Gasteiger partial charge in [0.05, 0.1) is 21.2 Å². The molecule has 1 aliphatic rings. The van der Waals surface area contributed by atoms with Crippen LogP contribution < -0.4 is 4.72 Å². The summed E-state index contributed by atoms with van der Waals surface area (Å²) >= 11 is 1.64. The Morgan fingerprint density at radius 2 is 1.97 bits per heavy atom. The molecule has 1 N–H and O–H groups in total. The molecular formula is C21H21N3O3S2. The topological polar surface area (TPSA) is 79.4 Å². The van der Waals surface area contributed by atoms with E-state index in [2.05, 4.69) is 10.8 Å². The summed E-state index contributed by atoms with van der Waals surface area (Å²) in [6.45, 7) is 0.711. The van der Waals surface area contributed by atoms with Crippen molar-refractivity contribution in [1.29, 1.82) is 0 Å². The Bertz CT molecular complexity index is 1130. The highest BCUT2D eigenvalue weighted by Gasteiger charge is 2.31. The minimum Gasteiger partial charge on any atom is -0.330 e. The van der Waals surface area contributed by atoms with E-state index in [1.807, 2.05) is 23.1 Å². The Kier molecular flexibility index (Phi) is 5.49. The van der Waals surface area contributed by atoms with Gasteiger partial charge in [-0.1, -0.05) is 24.3 Å². The molecule has 29 heavy (non-hydrogen) atoms. The van der Waals surface area contributed by atoms with Gasteiger partial charge >= 0.3 is 0 Å². The van der Waals surface area contributed by atoms with Gasteiger partial charge in [0.2, 0.25) is 15.9 Å². The predicted molar refractivity (Wildman–Crippen MR) is 115 cm³/mol. The molecular weight excluding hydrogens is 406 g/mol. The molecule has 1 aliphatic heterocycles. The Labute approximate surface area is 173 Å². The highest BCUT2D eigenvalue weighted by atomic mass is 32.2. The highest BCUT2D eigenvalue weighted by Crippen LogP contribution is 2.36. The molecule has 0 spiro atoms. The fourth-order valence-electron chi connectivity index (χ4n) is 3.46. The van der Waals surface area contributed by atoms with Crippen LogP contribution in [0.1, 0.15) is 29.5 Å². The molecule has 8 heteroatoms. The lowest BCUT2D eigenvalue weighted by molar-refractivity contribution is -0.126. The van der Waals surface area contributed by atoms with Crippen molar-refractivity contribution in [3.05, 3.63) is 65.2 Å². The maximum absolute atomic E-state index is 12.8. The van der Waals surface area contributed by atoms with Gasteiger partial charge in [0.15, 0.2) is 0 Å². The van der Waals surface area contributed by atoms with Crippen LogP contribution in [0.3, 0.4) is 0 Å². The number of aromatic nitrogens is 1. The first-order valence-corrected chi connectivity index (χ1v) is 11.7. The standard InChI is InChI=1S/C21H21N3O3S2/c1-22-29(26,27)16-11-8-15(9-12-16)10-13-20(25)24-14-4-6-18(24)21-23-17-5-2-3-7-19(17)28-21/h2-3,5,7-13,18,22H,4,6,14H2,1H3. The largest absolute Gasteiger partial charge is 0.330 e. The quantitative estimate of drug-likeness (QED) is 0.631. The number of amides is 1. The van der Waals surface area contributed by atoms with Gasteiger partial charge < -0.3 is 4.90 Å². The van der Waals surface area contributed by atoms with Crippen molar-refractivity contribution in [2.45, 2.75) is 23.8 Å². The first kappa shape index (κ1) is 19.8. The molecule has 1 amide bonds. The molecule has 1 unspecified atom stereocenters. The fourth-order valence-corrected chi connectivity index (χ4v) is 5.30. The van der Waals surface area contributed by atoms with Crippen LogP contribution in [0.15, 0.2) is 59.5 Å². The van der Waals surface area contributed by atoms with Crippen molar-refractivity contribution in [3.63, 3.8) is 0 Å². The van der Waals surface area contributed by atoms with Gasteiger partial charge in [-0.15, -0.1) is 11.3 Å². The number of rotatable bonds is 5. The van der Waals surface area contributed by atoms with Crippen molar-refractivity contribution in [3.8, 4) is 0 Å². The summed E-state index contributed by atoms with van der Waals surface area (Å²) in [4.78, 5) is 19.6. The fraction of sp³-hybridized carbons (Fsp3) is 0.238. The maximum atomic E-state index is 12.8. The van der Waals surface area contributed by atoms with Crippen LogP contribution in [0.2, 0.25) is 0 Å². The molecule has 0 bridgehead atoms. The number of sulfonamides is 1. The molecule has 2 aromatic carbocycles. The van der Waals surface area contributed by atoms with E-state index in [-0.39, 0.29) is 16.8 Å². The summed E-state index contributed by atoms with van der Waals surface area (Å²) in [7, 11) is -2.09. The Balaban J connectivity index is 1.50. The van der Waals surface area contributed by atoms with Gasteiger partial charge in [0.1, 0.15) is 5.01 Å². The van der Waals surface area contributed by atoms with Gasteiger partial charge in [-0.05, 0) is 55.8 Å². The zero-order valence-electron chi connectivity index (χ0n) is 15.9.